The fourth-order valence-corrected chi connectivity index (χ4v) is 2.95. The summed E-state index contributed by atoms with van der Waals surface area (Å²) in [6, 6.07) is 11.0. The first-order valence-electron chi connectivity index (χ1n) is 5.51. The van der Waals surface area contributed by atoms with Crippen LogP contribution in [0, 0.1) is 0 Å². The number of hydrogen-bond donors (Lipinski definition) is 0. The van der Waals surface area contributed by atoms with Crippen molar-refractivity contribution < 1.29 is 0 Å². The minimum Gasteiger partial charge on any atom is -0.301 e. The SMILES string of the molecule is CN(C)C1C=CC=CC1(P)c1ccccc1. The van der Waals surface area contributed by atoms with E-state index in [0.717, 1.165) is 0 Å². The van der Waals surface area contributed by atoms with Crippen LogP contribution in [0.4, 0.5) is 0 Å². The summed E-state index contributed by atoms with van der Waals surface area (Å²) in [6.45, 7) is 0. The lowest BCUT2D eigenvalue weighted by Gasteiger charge is -2.39. The number of benzene rings is 1. The fraction of sp³-hybridized carbons (Fsp3) is 0.286. The molecule has 0 spiro atoms. The number of hydrogen-bond acceptors (Lipinski definition) is 1. The van der Waals surface area contributed by atoms with Crippen molar-refractivity contribution in [1.82, 2.24) is 4.90 Å². The number of rotatable bonds is 2. The number of allylic oxidation sites excluding steroid dienone is 2. The Labute approximate surface area is 100 Å². The normalized spacial score (nSPS) is 28.6. The van der Waals surface area contributed by atoms with Crippen molar-refractivity contribution in [3.8, 4) is 0 Å². The van der Waals surface area contributed by atoms with Gasteiger partial charge in [-0.25, -0.2) is 0 Å². The van der Waals surface area contributed by atoms with Crippen molar-refractivity contribution in [2.45, 2.75) is 11.2 Å². The molecule has 1 nitrogen and oxygen atoms in total. The molecule has 0 N–H and O–H groups in total. The van der Waals surface area contributed by atoms with Crippen LogP contribution >= 0.6 is 9.24 Å². The fourth-order valence-electron chi connectivity index (χ4n) is 2.24. The van der Waals surface area contributed by atoms with E-state index in [1.807, 2.05) is 0 Å². The van der Waals surface area contributed by atoms with E-state index in [0.29, 0.717) is 6.04 Å². The van der Waals surface area contributed by atoms with Gasteiger partial charge in [0.05, 0.1) is 0 Å². The van der Waals surface area contributed by atoms with Gasteiger partial charge in [0.15, 0.2) is 0 Å². The molecule has 1 aromatic rings. The molecule has 84 valence electrons. The Morgan fingerprint density at radius 3 is 2.44 bits per heavy atom. The molecule has 0 radical (unpaired) electrons. The molecule has 1 aliphatic carbocycles. The molecule has 0 fully saturated rings. The summed E-state index contributed by atoms with van der Waals surface area (Å²) >= 11 is 0. The molecule has 1 aliphatic rings. The monoisotopic (exact) mass is 231 g/mol. The summed E-state index contributed by atoms with van der Waals surface area (Å²) in [5.41, 5.74) is 1.33. The molecular formula is C14H18NP. The third-order valence-corrected chi connectivity index (χ3v) is 3.96. The van der Waals surface area contributed by atoms with E-state index in [1.54, 1.807) is 0 Å². The molecule has 0 saturated carbocycles. The van der Waals surface area contributed by atoms with Crippen molar-refractivity contribution in [2.75, 3.05) is 14.1 Å². The Hall–Kier alpha value is -0.910. The lowest BCUT2D eigenvalue weighted by molar-refractivity contribution is 0.304. The zero-order chi connectivity index (χ0) is 11.6. The van der Waals surface area contributed by atoms with Crippen LogP contribution in [0.25, 0.3) is 0 Å². The summed E-state index contributed by atoms with van der Waals surface area (Å²) in [5, 5.41) is -0.0144. The predicted molar refractivity (Wildman–Crippen MR) is 73.6 cm³/mol. The Bertz CT molecular complexity index is 408. The Balaban J connectivity index is 2.43. The van der Waals surface area contributed by atoms with Gasteiger partial charge in [-0.1, -0.05) is 54.6 Å². The molecule has 0 bridgehead atoms. The lowest BCUT2D eigenvalue weighted by Crippen LogP contribution is -2.42. The second kappa shape index (κ2) is 4.53. The van der Waals surface area contributed by atoms with Crippen LogP contribution < -0.4 is 0 Å². The van der Waals surface area contributed by atoms with Crippen molar-refractivity contribution in [2.24, 2.45) is 0 Å². The second-order valence-electron chi connectivity index (χ2n) is 4.45. The van der Waals surface area contributed by atoms with E-state index in [4.69, 9.17) is 0 Å². The van der Waals surface area contributed by atoms with Crippen molar-refractivity contribution >= 4 is 9.24 Å². The van der Waals surface area contributed by atoms with Gasteiger partial charge < -0.3 is 4.90 Å². The molecule has 3 unspecified atom stereocenters. The molecular weight excluding hydrogens is 213 g/mol. The van der Waals surface area contributed by atoms with Crippen LogP contribution in [0.5, 0.6) is 0 Å². The zero-order valence-corrected chi connectivity index (χ0v) is 11.0. The van der Waals surface area contributed by atoms with Gasteiger partial charge >= 0.3 is 0 Å². The third kappa shape index (κ3) is 1.98. The van der Waals surface area contributed by atoms with E-state index in [2.05, 4.69) is 82.9 Å². The molecule has 0 aromatic heterocycles. The van der Waals surface area contributed by atoms with Crippen LogP contribution in [-0.2, 0) is 5.16 Å². The predicted octanol–water partition coefficient (Wildman–Crippen LogP) is 2.81. The summed E-state index contributed by atoms with van der Waals surface area (Å²) in [4.78, 5) is 2.25. The maximum Gasteiger partial charge on any atom is 0.0468 e. The third-order valence-electron chi connectivity index (χ3n) is 3.10. The molecule has 0 aliphatic heterocycles. The maximum atomic E-state index is 3.01. The van der Waals surface area contributed by atoms with E-state index in [9.17, 15) is 0 Å². The Morgan fingerprint density at radius 2 is 1.81 bits per heavy atom. The van der Waals surface area contributed by atoms with Gasteiger partial charge in [-0.3, -0.25) is 0 Å². The summed E-state index contributed by atoms with van der Waals surface area (Å²) in [6.07, 6.45) is 8.76. The smallest absolute Gasteiger partial charge is 0.0468 e. The largest absolute Gasteiger partial charge is 0.301 e. The zero-order valence-electron chi connectivity index (χ0n) is 9.80. The highest BCUT2D eigenvalue weighted by Crippen LogP contribution is 2.40. The minimum absolute atomic E-state index is 0.0144. The van der Waals surface area contributed by atoms with E-state index in [-0.39, 0.29) is 5.16 Å². The second-order valence-corrected chi connectivity index (χ2v) is 5.41. The van der Waals surface area contributed by atoms with Crippen molar-refractivity contribution in [1.29, 1.82) is 0 Å². The lowest BCUT2D eigenvalue weighted by atomic mass is 9.86. The Morgan fingerprint density at radius 1 is 1.12 bits per heavy atom. The quantitative estimate of drug-likeness (QED) is 0.707. The average Bonchev–Trinajstić information content (AvgIpc) is 2.30. The summed E-state index contributed by atoms with van der Waals surface area (Å²) in [5.74, 6) is 0. The van der Waals surface area contributed by atoms with E-state index >= 15 is 0 Å². The van der Waals surface area contributed by atoms with Crippen LogP contribution in [0.15, 0.2) is 54.6 Å². The van der Waals surface area contributed by atoms with E-state index < -0.39 is 0 Å². The number of nitrogens with zero attached hydrogens (tertiary/aromatic N) is 1. The van der Waals surface area contributed by atoms with Gasteiger partial charge in [-0.05, 0) is 19.7 Å². The molecule has 0 amide bonds. The highest BCUT2D eigenvalue weighted by atomic mass is 31.0. The van der Waals surface area contributed by atoms with Crippen LogP contribution in [0.2, 0.25) is 0 Å². The summed E-state index contributed by atoms with van der Waals surface area (Å²) in [7, 11) is 7.25. The molecule has 3 atom stereocenters. The first-order valence-corrected chi connectivity index (χ1v) is 6.09. The van der Waals surface area contributed by atoms with Crippen molar-refractivity contribution in [3.05, 3.63) is 60.2 Å². The first-order chi connectivity index (χ1) is 7.64. The highest BCUT2D eigenvalue weighted by molar-refractivity contribution is 7.19. The first kappa shape index (κ1) is 11.6. The molecule has 2 heteroatoms. The van der Waals surface area contributed by atoms with Crippen LogP contribution in [0.1, 0.15) is 5.56 Å². The maximum absolute atomic E-state index is 3.01. The van der Waals surface area contributed by atoms with E-state index in [1.165, 1.54) is 5.56 Å². The van der Waals surface area contributed by atoms with Gasteiger partial charge in [0.1, 0.15) is 0 Å². The van der Waals surface area contributed by atoms with Gasteiger partial charge in [-0.2, -0.15) is 0 Å². The molecule has 0 heterocycles. The Kier molecular flexibility index (Phi) is 3.28. The van der Waals surface area contributed by atoms with Crippen LogP contribution in [-0.4, -0.2) is 25.0 Å². The van der Waals surface area contributed by atoms with Gasteiger partial charge in [0, 0.05) is 11.2 Å². The van der Waals surface area contributed by atoms with Gasteiger partial charge in [0.25, 0.3) is 0 Å². The molecule has 0 saturated heterocycles. The van der Waals surface area contributed by atoms with Gasteiger partial charge in [-0.15, -0.1) is 9.24 Å². The van der Waals surface area contributed by atoms with Gasteiger partial charge in [0.2, 0.25) is 0 Å². The highest BCUT2D eigenvalue weighted by Gasteiger charge is 2.34. The minimum atomic E-state index is -0.0144. The average molecular weight is 231 g/mol. The number of likely N-dealkylation sites (N-methyl/N-ethyl adjacent to an activating group) is 1. The topological polar surface area (TPSA) is 3.24 Å². The molecule has 16 heavy (non-hydrogen) atoms. The standard InChI is InChI=1S/C14H18NP/c1-15(2)13-10-6-7-11-14(13,16)12-8-4-3-5-9-12/h3-11,13H,16H2,1-2H3. The molecule has 2 rings (SSSR count). The van der Waals surface area contributed by atoms with Crippen molar-refractivity contribution in [3.63, 3.8) is 0 Å². The molecule has 1 aromatic carbocycles. The van der Waals surface area contributed by atoms with Crippen LogP contribution in [0.3, 0.4) is 0 Å². The summed E-state index contributed by atoms with van der Waals surface area (Å²) < 4.78 is 0.